The Morgan fingerprint density at radius 1 is 1.54 bits per heavy atom. The van der Waals surface area contributed by atoms with E-state index in [1.165, 1.54) is 18.1 Å². The van der Waals surface area contributed by atoms with Crippen LogP contribution in [0, 0.1) is 0 Å². The predicted octanol–water partition coefficient (Wildman–Crippen LogP) is 1.43. The number of furan rings is 1. The van der Waals surface area contributed by atoms with E-state index in [4.69, 9.17) is 4.42 Å². The summed E-state index contributed by atoms with van der Waals surface area (Å²) in [5.74, 6) is 1.24. The van der Waals surface area contributed by atoms with E-state index < -0.39 is 0 Å². The molecule has 2 amide bonds. The van der Waals surface area contributed by atoms with E-state index in [0.29, 0.717) is 29.6 Å². The van der Waals surface area contributed by atoms with Crippen molar-refractivity contribution in [1.29, 1.82) is 0 Å². The molecule has 1 fully saturated rings. The maximum Gasteiger partial charge on any atom is 0.287 e. The quantitative estimate of drug-likeness (QED) is 0.765. The van der Waals surface area contributed by atoms with Crippen molar-refractivity contribution in [2.75, 3.05) is 6.54 Å². The lowest BCUT2D eigenvalue weighted by atomic mass is 10.2. The van der Waals surface area contributed by atoms with Crippen LogP contribution in [-0.2, 0) is 10.5 Å². The summed E-state index contributed by atoms with van der Waals surface area (Å²) in [5, 5.41) is 10.1. The summed E-state index contributed by atoms with van der Waals surface area (Å²) < 4.78 is 5.56. The van der Waals surface area contributed by atoms with Crippen LogP contribution in [-0.4, -0.2) is 50.5 Å². The molecule has 24 heavy (non-hydrogen) atoms. The molecule has 0 aromatic carbocycles. The minimum absolute atomic E-state index is 0.0684. The second kappa shape index (κ2) is 7.08. The van der Waals surface area contributed by atoms with E-state index in [-0.39, 0.29) is 29.7 Å². The Bertz CT molecular complexity index is 713. The number of thioether (sulfide) groups is 1. The maximum atomic E-state index is 12.3. The SMILES string of the molecule is CC(C)N1C[C@@H](NC(=O)c2ccc(CSc3ncn[nH]3)o2)CC1=O. The van der Waals surface area contributed by atoms with Crippen LogP contribution < -0.4 is 5.32 Å². The molecule has 0 radical (unpaired) electrons. The Balaban J connectivity index is 1.53. The van der Waals surface area contributed by atoms with E-state index in [1.807, 2.05) is 13.8 Å². The van der Waals surface area contributed by atoms with Crippen molar-refractivity contribution in [3.63, 3.8) is 0 Å². The Morgan fingerprint density at radius 2 is 2.38 bits per heavy atom. The van der Waals surface area contributed by atoms with Gasteiger partial charge in [0.2, 0.25) is 5.91 Å². The third-order valence-electron chi connectivity index (χ3n) is 3.75. The third-order valence-corrected chi connectivity index (χ3v) is 4.65. The van der Waals surface area contributed by atoms with Crippen molar-refractivity contribution in [1.82, 2.24) is 25.4 Å². The molecule has 128 valence electrons. The second-order valence-corrected chi connectivity index (χ2v) is 6.82. The summed E-state index contributed by atoms with van der Waals surface area (Å²) >= 11 is 1.44. The Morgan fingerprint density at radius 3 is 3.04 bits per heavy atom. The van der Waals surface area contributed by atoms with E-state index in [9.17, 15) is 9.59 Å². The molecule has 3 heterocycles. The minimum atomic E-state index is -0.297. The van der Waals surface area contributed by atoms with Crippen LogP contribution in [0.2, 0.25) is 0 Å². The van der Waals surface area contributed by atoms with Crippen molar-refractivity contribution >= 4 is 23.6 Å². The second-order valence-electron chi connectivity index (χ2n) is 5.86. The van der Waals surface area contributed by atoms with Crippen LogP contribution in [0.15, 0.2) is 28.0 Å². The molecule has 2 N–H and O–H groups in total. The first-order valence-corrected chi connectivity index (χ1v) is 8.68. The van der Waals surface area contributed by atoms with Gasteiger partial charge in [-0.05, 0) is 26.0 Å². The number of carbonyl (C=O) groups is 2. The summed E-state index contributed by atoms with van der Waals surface area (Å²) in [5.41, 5.74) is 0. The number of nitrogens with one attached hydrogen (secondary N) is 2. The van der Waals surface area contributed by atoms with E-state index in [1.54, 1.807) is 17.0 Å². The molecular formula is C15H19N5O3S. The molecule has 0 bridgehead atoms. The summed E-state index contributed by atoms with van der Waals surface area (Å²) in [6.07, 6.45) is 1.77. The molecule has 2 aromatic heterocycles. The molecule has 0 spiro atoms. The van der Waals surface area contributed by atoms with Gasteiger partial charge in [-0.25, -0.2) is 4.98 Å². The van der Waals surface area contributed by atoms with Gasteiger partial charge in [0, 0.05) is 19.0 Å². The molecule has 0 aliphatic carbocycles. The van der Waals surface area contributed by atoms with Crippen LogP contribution in [0.3, 0.4) is 0 Å². The summed E-state index contributed by atoms with van der Waals surface area (Å²) in [4.78, 5) is 29.9. The molecule has 3 rings (SSSR count). The van der Waals surface area contributed by atoms with Gasteiger partial charge in [0.05, 0.1) is 11.8 Å². The van der Waals surface area contributed by atoms with Gasteiger partial charge in [-0.15, -0.1) is 0 Å². The fourth-order valence-electron chi connectivity index (χ4n) is 2.56. The molecule has 9 heteroatoms. The van der Waals surface area contributed by atoms with Gasteiger partial charge in [0.25, 0.3) is 5.91 Å². The number of aromatic amines is 1. The van der Waals surface area contributed by atoms with E-state index in [0.717, 1.165) is 0 Å². The number of amides is 2. The van der Waals surface area contributed by atoms with Crippen LogP contribution in [0.25, 0.3) is 0 Å². The van der Waals surface area contributed by atoms with E-state index >= 15 is 0 Å². The van der Waals surface area contributed by atoms with Gasteiger partial charge in [-0.3, -0.25) is 14.7 Å². The molecule has 0 unspecified atom stereocenters. The van der Waals surface area contributed by atoms with Gasteiger partial charge >= 0.3 is 0 Å². The standard InChI is InChI=1S/C15H19N5O3S/c1-9(2)20-6-10(5-13(20)21)18-14(22)12-4-3-11(23-12)7-24-15-16-8-17-19-15/h3-4,8-10H,5-7H2,1-2H3,(H,18,22)(H,16,17,19)/t10-/m0/s1. The van der Waals surface area contributed by atoms with Crippen LogP contribution in [0.4, 0.5) is 0 Å². The van der Waals surface area contributed by atoms with Crippen LogP contribution in [0.1, 0.15) is 36.6 Å². The van der Waals surface area contributed by atoms with Gasteiger partial charge in [-0.2, -0.15) is 5.10 Å². The summed E-state index contributed by atoms with van der Waals surface area (Å²) in [6, 6.07) is 3.37. The highest BCUT2D eigenvalue weighted by atomic mass is 32.2. The van der Waals surface area contributed by atoms with Gasteiger partial charge in [0.15, 0.2) is 10.9 Å². The highest BCUT2D eigenvalue weighted by Crippen LogP contribution is 2.20. The van der Waals surface area contributed by atoms with Gasteiger partial charge in [0.1, 0.15) is 12.1 Å². The lowest BCUT2D eigenvalue weighted by molar-refractivity contribution is -0.129. The largest absolute Gasteiger partial charge is 0.455 e. The van der Waals surface area contributed by atoms with Crippen molar-refractivity contribution < 1.29 is 14.0 Å². The highest BCUT2D eigenvalue weighted by Gasteiger charge is 2.32. The molecule has 1 saturated heterocycles. The number of carbonyl (C=O) groups excluding carboxylic acids is 2. The molecule has 1 atom stereocenters. The van der Waals surface area contributed by atoms with Crippen molar-refractivity contribution in [3.8, 4) is 0 Å². The molecule has 1 aliphatic rings. The smallest absolute Gasteiger partial charge is 0.287 e. The summed E-state index contributed by atoms with van der Waals surface area (Å²) in [7, 11) is 0. The molecule has 8 nitrogen and oxygen atoms in total. The van der Waals surface area contributed by atoms with Crippen LogP contribution in [0.5, 0.6) is 0 Å². The monoisotopic (exact) mass is 349 g/mol. The minimum Gasteiger partial charge on any atom is -0.455 e. The number of hydrogen-bond acceptors (Lipinski definition) is 6. The van der Waals surface area contributed by atoms with E-state index in [2.05, 4.69) is 20.5 Å². The predicted molar refractivity (Wildman–Crippen MR) is 87.4 cm³/mol. The van der Waals surface area contributed by atoms with Crippen molar-refractivity contribution in [2.24, 2.45) is 0 Å². The number of nitrogens with zero attached hydrogens (tertiary/aromatic N) is 3. The molecule has 0 saturated carbocycles. The zero-order chi connectivity index (χ0) is 17.1. The average Bonchev–Trinajstić information content (AvgIpc) is 3.25. The normalized spacial score (nSPS) is 17.7. The average molecular weight is 349 g/mol. The number of H-pyrrole nitrogens is 1. The lowest BCUT2D eigenvalue weighted by Crippen LogP contribution is -2.38. The Kier molecular flexibility index (Phi) is 4.89. The van der Waals surface area contributed by atoms with Crippen molar-refractivity contribution in [3.05, 3.63) is 30.0 Å². The van der Waals surface area contributed by atoms with Crippen LogP contribution >= 0.6 is 11.8 Å². The maximum absolute atomic E-state index is 12.3. The fourth-order valence-corrected chi connectivity index (χ4v) is 3.24. The first kappa shape index (κ1) is 16.6. The summed E-state index contributed by atoms with van der Waals surface area (Å²) in [6.45, 7) is 4.47. The van der Waals surface area contributed by atoms with Gasteiger partial charge in [-0.1, -0.05) is 11.8 Å². The Labute approximate surface area is 143 Å². The topological polar surface area (TPSA) is 104 Å². The first-order chi connectivity index (χ1) is 11.5. The van der Waals surface area contributed by atoms with Gasteiger partial charge < -0.3 is 14.6 Å². The highest BCUT2D eigenvalue weighted by molar-refractivity contribution is 7.98. The molecule has 2 aromatic rings. The number of hydrogen-bond donors (Lipinski definition) is 2. The number of likely N-dealkylation sites (tertiary alicyclic amines) is 1. The third kappa shape index (κ3) is 3.78. The number of aromatic nitrogens is 3. The molecule has 1 aliphatic heterocycles. The fraction of sp³-hybridized carbons (Fsp3) is 0.467. The van der Waals surface area contributed by atoms with Crippen molar-refractivity contribution in [2.45, 2.75) is 43.3 Å². The lowest BCUT2D eigenvalue weighted by Gasteiger charge is -2.20. The Hall–Kier alpha value is -2.29. The first-order valence-electron chi connectivity index (χ1n) is 7.70. The zero-order valence-electron chi connectivity index (χ0n) is 13.5. The molecular weight excluding hydrogens is 330 g/mol. The number of rotatable bonds is 6. The zero-order valence-corrected chi connectivity index (χ0v) is 14.3.